The Bertz CT molecular complexity index is 1490. The molecule has 11 heteroatoms. The monoisotopic (exact) mass is 453 g/mol. The lowest BCUT2D eigenvalue weighted by atomic mass is 10.1. The number of fused-ring (bicyclic) bond motifs is 4. The zero-order valence-electron chi connectivity index (χ0n) is 17.4. The Kier molecular flexibility index (Phi) is 4.88. The minimum atomic E-state index is -2.81. The molecule has 1 aromatic carbocycles. The van der Waals surface area contributed by atoms with E-state index in [9.17, 15) is 18.0 Å². The second-order valence-electron chi connectivity index (χ2n) is 7.65. The van der Waals surface area contributed by atoms with E-state index < -0.39 is 24.7 Å². The van der Waals surface area contributed by atoms with Gasteiger partial charge in [-0.3, -0.25) is 9.48 Å². The highest BCUT2D eigenvalue weighted by atomic mass is 19.3. The first kappa shape index (κ1) is 20.7. The fourth-order valence-corrected chi connectivity index (χ4v) is 3.96. The van der Waals surface area contributed by atoms with Gasteiger partial charge in [-0.1, -0.05) is 6.07 Å². The number of nitrogen functional groups attached to an aromatic ring is 1. The third kappa shape index (κ3) is 3.60. The second-order valence-corrected chi connectivity index (χ2v) is 7.65. The van der Waals surface area contributed by atoms with Crippen LogP contribution in [0.5, 0.6) is 0 Å². The number of carbonyl (C=O) groups excluding carboxylic acids is 1. The molecular formula is C22H18F3N7O. The van der Waals surface area contributed by atoms with Gasteiger partial charge in [0.2, 0.25) is 0 Å². The van der Waals surface area contributed by atoms with Crippen molar-refractivity contribution in [3.8, 4) is 0 Å². The summed E-state index contributed by atoms with van der Waals surface area (Å²) < 4.78 is 44.9. The minimum Gasteiger partial charge on any atom is -0.383 e. The molecule has 0 aliphatic carbocycles. The summed E-state index contributed by atoms with van der Waals surface area (Å²) >= 11 is 0. The van der Waals surface area contributed by atoms with Gasteiger partial charge in [0.05, 0.1) is 47.0 Å². The molecule has 4 aromatic heterocycles. The van der Waals surface area contributed by atoms with Crippen LogP contribution >= 0.6 is 0 Å². The molecule has 168 valence electrons. The summed E-state index contributed by atoms with van der Waals surface area (Å²) in [5.74, 6) is -1.58. The summed E-state index contributed by atoms with van der Waals surface area (Å²) in [4.78, 5) is 22.7. The number of anilines is 1. The summed E-state index contributed by atoms with van der Waals surface area (Å²) in [7, 11) is 1.68. The molecule has 5 aromatic rings. The van der Waals surface area contributed by atoms with Crippen molar-refractivity contribution in [3.05, 3.63) is 66.0 Å². The fourth-order valence-electron chi connectivity index (χ4n) is 3.96. The Balaban J connectivity index is 1.58. The molecule has 8 nitrogen and oxygen atoms in total. The highest BCUT2D eigenvalue weighted by molar-refractivity contribution is 6.10. The van der Waals surface area contributed by atoms with Crippen molar-refractivity contribution < 1.29 is 18.0 Å². The minimum absolute atomic E-state index is 0.176. The van der Waals surface area contributed by atoms with E-state index >= 15 is 0 Å². The van der Waals surface area contributed by atoms with Crippen LogP contribution in [0.3, 0.4) is 0 Å². The molecule has 0 aliphatic heterocycles. The van der Waals surface area contributed by atoms with Crippen LogP contribution in [-0.4, -0.2) is 47.9 Å². The summed E-state index contributed by atoms with van der Waals surface area (Å²) in [5.41, 5.74) is 7.41. The first-order chi connectivity index (χ1) is 15.8. The number of rotatable bonds is 5. The lowest BCUT2D eigenvalue weighted by Crippen LogP contribution is -2.35. The molecule has 0 atom stereocenters. The molecule has 0 saturated heterocycles. The summed E-state index contributed by atoms with van der Waals surface area (Å²) in [5, 5.41) is 5.14. The van der Waals surface area contributed by atoms with Gasteiger partial charge < -0.3 is 15.0 Å². The van der Waals surface area contributed by atoms with E-state index in [-0.39, 0.29) is 23.4 Å². The molecule has 0 unspecified atom stereocenters. The molecule has 0 aliphatic rings. The van der Waals surface area contributed by atoms with Gasteiger partial charge in [0, 0.05) is 30.9 Å². The maximum Gasteiger partial charge on any atom is 0.257 e. The predicted octanol–water partition coefficient (Wildman–Crippen LogP) is 3.40. The number of aromatic nitrogens is 5. The molecule has 33 heavy (non-hydrogen) atoms. The highest BCUT2D eigenvalue weighted by Gasteiger charge is 2.25. The number of amides is 1. The van der Waals surface area contributed by atoms with E-state index in [0.29, 0.717) is 27.6 Å². The Morgan fingerprint density at radius 2 is 2.03 bits per heavy atom. The summed E-state index contributed by atoms with van der Waals surface area (Å²) in [6.45, 7) is -1.07. The van der Waals surface area contributed by atoms with Gasteiger partial charge in [0.1, 0.15) is 17.3 Å². The van der Waals surface area contributed by atoms with Gasteiger partial charge in [-0.2, -0.15) is 5.10 Å². The third-order valence-corrected chi connectivity index (χ3v) is 5.44. The first-order valence-electron chi connectivity index (χ1n) is 10.0. The maximum atomic E-state index is 15.0. The van der Waals surface area contributed by atoms with Gasteiger partial charge in [-0.05, 0) is 18.2 Å². The van der Waals surface area contributed by atoms with Gasteiger partial charge in [-0.25, -0.2) is 23.1 Å². The molecule has 1 amide bonds. The molecule has 0 fully saturated rings. The quantitative estimate of drug-likeness (QED) is 0.440. The van der Waals surface area contributed by atoms with Crippen molar-refractivity contribution in [3.63, 3.8) is 0 Å². The van der Waals surface area contributed by atoms with Gasteiger partial charge in [-0.15, -0.1) is 0 Å². The van der Waals surface area contributed by atoms with Crippen molar-refractivity contribution in [1.82, 2.24) is 29.0 Å². The van der Waals surface area contributed by atoms with E-state index in [1.807, 2.05) is 0 Å². The van der Waals surface area contributed by atoms with Gasteiger partial charge >= 0.3 is 0 Å². The molecular weight excluding hydrogens is 435 g/mol. The number of imidazole rings is 1. The van der Waals surface area contributed by atoms with Crippen molar-refractivity contribution in [2.45, 2.75) is 13.0 Å². The third-order valence-electron chi connectivity index (χ3n) is 5.44. The number of nitrogens with two attached hydrogens (primary N) is 1. The van der Waals surface area contributed by atoms with Crippen molar-refractivity contribution in [1.29, 1.82) is 0 Å². The molecule has 5 rings (SSSR count). The Morgan fingerprint density at radius 3 is 2.79 bits per heavy atom. The van der Waals surface area contributed by atoms with Crippen molar-refractivity contribution in [2.24, 2.45) is 7.05 Å². The number of halogens is 3. The number of alkyl halides is 2. The molecule has 4 heterocycles. The van der Waals surface area contributed by atoms with Gasteiger partial charge in [0.25, 0.3) is 12.3 Å². The van der Waals surface area contributed by atoms with E-state index in [1.54, 1.807) is 42.0 Å². The highest BCUT2D eigenvalue weighted by Crippen LogP contribution is 2.30. The lowest BCUT2D eigenvalue weighted by Gasteiger charge is -2.22. The van der Waals surface area contributed by atoms with E-state index in [1.165, 1.54) is 16.9 Å². The van der Waals surface area contributed by atoms with Crippen LogP contribution in [0.2, 0.25) is 0 Å². The molecule has 0 radical (unpaired) electrons. The van der Waals surface area contributed by atoms with E-state index in [2.05, 4.69) is 15.1 Å². The Labute approximate surface area is 185 Å². The predicted molar refractivity (Wildman–Crippen MR) is 116 cm³/mol. The van der Waals surface area contributed by atoms with Crippen molar-refractivity contribution >= 4 is 39.2 Å². The van der Waals surface area contributed by atoms with E-state index in [0.717, 1.165) is 11.0 Å². The number of benzene rings is 1. The Hall–Kier alpha value is -4.15. The average molecular weight is 453 g/mol. The molecule has 2 N–H and O–H groups in total. The number of pyridine rings is 2. The van der Waals surface area contributed by atoms with Crippen LogP contribution in [0.25, 0.3) is 27.5 Å². The summed E-state index contributed by atoms with van der Waals surface area (Å²) in [6.07, 6.45) is 2.11. The number of aryl methyl sites for hydroxylation is 1. The molecule has 0 spiro atoms. The normalized spacial score (nSPS) is 11.8. The number of carbonyl (C=O) groups is 1. The summed E-state index contributed by atoms with van der Waals surface area (Å²) in [6, 6.07) is 7.73. The fraction of sp³-hybridized carbons (Fsp3) is 0.182. The van der Waals surface area contributed by atoms with Crippen LogP contribution in [0.15, 0.2) is 48.9 Å². The van der Waals surface area contributed by atoms with Crippen LogP contribution in [0.1, 0.15) is 16.1 Å². The standard InChI is InChI=1S/C22H18F3N7O/c1-30-20-14-6-13(16(23)7-17(14)29-21(26)15(20)8-27-30)22(33)32(11-18(24)25)10-12-9-31-5-3-2-4-19(31)28-12/h2-9,18H,10-11H2,1H3,(H2,26,29). The molecule has 0 bridgehead atoms. The first-order valence-corrected chi connectivity index (χ1v) is 10.0. The van der Waals surface area contributed by atoms with Crippen LogP contribution in [0.4, 0.5) is 19.0 Å². The largest absolute Gasteiger partial charge is 0.383 e. The zero-order valence-corrected chi connectivity index (χ0v) is 17.4. The lowest BCUT2D eigenvalue weighted by molar-refractivity contribution is 0.0528. The van der Waals surface area contributed by atoms with Crippen molar-refractivity contribution in [2.75, 3.05) is 12.3 Å². The zero-order chi connectivity index (χ0) is 23.3. The van der Waals surface area contributed by atoms with Crippen LogP contribution in [-0.2, 0) is 13.6 Å². The number of hydrogen-bond donors (Lipinski definition) is 1. The Morgan fingerprint density at radius 1 is 1.21 bits per heavy atom. The molecule has 0 saturated carbocycles. The number of hydrogen-bond acceptors (Lipinski definition) is 5. The van der Waals surface area contributed by atoms with Crippen LogP contribution in [0, 0.1) is 5.82 Å². The SMILES string of the molecule is Cn1ncc2c(N)nc3cc(F)c(C(=O)N(Cc4cn5ccccc5n4)CC(F)F)cc3c21. The maximum absolute atomic E-state index is 15.0. The van der Waals surface area contributed by atoms with Crippen LogP contribution < -0.4 is 5.73 Å². The average Bonchev–Trinajstić information content (AvgIpc) is 3.36. The van der Waals surface area contributed by atoms with Gasteiger partial charge in [0.15, 0.2) is 0 Å². The topological polar surface area (TPSA) is 94.3 Å². The second kappa shape index (κ2) is 7.76. The smallest absolute Gasteiger partial charge is 0.257 e. The number of nitrogens with zero attached hydrogens (tertiary/aromatic N) is 6. The van der Waals surface area contributed by atoms with E-state index in [4.69, 9.17) is 5.73 Å².